The van der Waals surface area contributed by atoms with Crippen molar-refractivity contribution < 1.29 is 0 Å². The molecule has 1 saturated heterocycles. The molecule has 2 rings (SSSR count). The number of likely N-dealkylation sites (tertiary alicyclic amines) is 1. The molecule has 0 amide bonds. The van der Waals surface area contributed by atoms with Crippen LogP contribution in [0.15, 0.2) is 0 Å². The molecule has 1 saturated carbocycles. The Morgan fingerprint density at radius 3 is 2.58 bits per heavy atom. The highest BCUT2D eigenvalue weighted by Crippen LogP contribution is 2.37. The molecule has 2 fully saturated rings. The van der Waals surface area contributed by atoms with Crippen LogP contribution in [-0.2, 0) is 0 Å². The van der Waals surface area contributed by atoms with Gasteiger partial charge in [0.15, 0.2) is 0 Å². The normalized spacial score (nSPS) is 32.1. The molecule has 2 aliphatic rings. The largest absolute Gasteiger partial charge is 0.327 e. The summed E-state index contributed by atoms with van der Waals surface area (Å²) in [7, 11) is 2.27. The minimum atomic E-state index is 0.332. The summed E-state index contributed by atoms with van der Waals surface area (Å²) < 4.78 is 0. The molecule has 3 heteroatoms. The number of nitrogens with two attached hydrogens (primary N) is 1. The van der Waals surface area contributed by atoms with Gasteiger partial charge in [-0.3, -0.25) is 0 Å². The Morgan fingerprint density at radius 2 is 1.89 bits per heavy atom. The summed E-state index contributed by atoms with van der Waals surface area (Å²) in [5.74, 6) is 0.687. The second-order valence-corrected chi connectivity index (χ2v) is 7.48. The van der Waals surface area contributed by atoms with Gasteiger partial charge in [-0.15, -0.1) is 0 Å². The molecule has 0 aromatic carbocycles. The molecule has 0 aromatic heterocycles. The lowest BCUT2D eigenvalue weighted by molar-refractivity contribution is 0.107. The summed E-state index contributed by atoms with van der Waals surface area (Å²) in [4.78, 5) is 5.10. The Labute approximate surface area is 119 Å². The van der Waals surface area contributed by atoms with Crippen LogP contribution in [0.3, 0.4) is 0 Å². The van der Waals surface area contributed by atoms with Crippen molar-refractivity contribution in [2.75, 3.05) is 39.8 Å². The van der Waals surface area contributed by atoms with E-state index in [4.69, 9.17) is 5.73 Å². The van der Waals surface area contributed by atoms with Gasteiger partial charge in [-0.05, 0) is 57.2 Å². The van der Waals surface area contributed by atoms with Gasteiger partial charge in [0.2, 0.25) is 0 Å². The van der Waals surface area contributed by atoms with Gasteiger partial charge in [0.1, 0.15) is 0 Å². The van der Waals surface area contributed by atoms with Crippen LogP contribution in [0.2, 0.25) is 0 Å². The molecule has 19 heavy (non-hydrogen) atoms. The number of rotatable bonds is 5. The van der Waals surface area contributed by atoms with Crippen molar-refractivity contribution >= 4 is 0 Å². The van der Waals surface area contributed by atoms with Gasteiger partial charge in [-0.2, -0.15) is 0 Å². The molecule has 2 unspecified atom stereocenters. The van der Waals surface area contributed by atoms with Gasteiger partial charge < -0.3 is 15.5 Å². The zero-order chi connectivity index (χ0) is 13.9. The zero-order valence-electron chi connectivity index (χ0n) is 13.2. The molecule has 1 aliphatic heterocycles. The van der Waals surface area contributed by atoms with E-state index in [1.165, 1.54) is 64.8 Å². The number of hydrogen-bond donors (Lipinski definition) is 1. The number of nitrogens with zero attached hydrogens (tertiary/aromatic N) is 2. The first-order valence-electron chi connectivity index (χ1n) is 8.15. The van der Waals surface area contributed by atoms with Crippen molar-refractivity contribution in [3.8, 4) is 0 Å². The van der Waals surface area contributed by atoms with Gasteiger partial charge >= 0.3 is 0 Å². The number of hydrogen-bond acceptors (Lipinski definition) is 3. The van der Waals surface area contributed by atoms with E-state index in [0.717, 1.165) is 0 Å². The van der Waals surface area contributed by atoms with Gasteiger partial charge in [0.05, 0.1) is 0 Å². The highest BCUT2D eigenvalue weighted by atomic mass is 15.2. The van der Waals surface area contributed by atoms with Crippen LogP contribution in [0.4, 0.5) is 0 Å². The Kier molecular flexibility index (Phi) is 5.27. The highest BCUT2D eigenvalue weighted by molar-refractivity contribution is 4.92. The van der Waals surface area contributed by atoms with Gasteiger partial charge in [0.25, 0.3) is 0 Å². The fourth-order valence-corrected chi connectivity index (χ4v) is 3.82. The Hall–Kier alpha value is -0.120. The van der Waals surface area contributed by atoms with Crippen LogP contribution in [-0.4, -0.2) is 55.6 Å². The van der Waals surface area contributed by atoms with Crippen LogP contribution in [0, 0.1) is 11.3 Å². The lowest BCUT2D eigenvalue weighted by atomic mass is 9.68. The van der Waals surface area contributed by atoms with E-state index in [2.05, 4.69) is 30.7 Å². The van der Waals surface area contributed by atoms with E-state index in [9.17, 15) is 0 Å². The minimum Gasteiger partial charge on any atom is -0.327 e. The maximum absolute atomic E-state index is 6.49. The zero-order valence-corrected chi connectivity index (χ0v) is 13.2. The molecule has 2 N–H and O–H groups in total. The molecular weight excluding hydrogens is 234 g/mol. The van der Waals surface area contributed by atoms with Gasteiger partial charge in [0, 0.05) is 25.7 Å². The van der Waals surface area contributed by atoms with Crippen molar-refractivity contribution in [3.05, 3.63) is 0 Å². The minimum absolute atomic E-state index is 0.332. The maximum atomic E-state index is 6.49. The van der Waals surface area contributed by atoms with E-state index in [1.54, 1.807) is 0 Å². The SMILES string of the molecule is CN(CCN1CCCC1)CC1CCCC(C)(C)C1N. The predicted molar refractivity (Wildman–Crippen MR) is 82.3 cm³/mol. The van der Waals surface area contributed by atoms with E-state index in [1.807, 2.05) is 0 Å². The molecular formula is C16H33N3. The van der Waals surface area contributed by atoms with E-state index >= 15 is 0 Å². The standard InChI is InChI=1S/C16H33N3/c1-16(2)8-6-7-14(15(16)17)13-18(3)11-12-19-9-4-5-10-19/h14-15H,4-13,17H2,1-3H3. The van der Waals surface area contributed by atoms with Crippen molar-refractivity contribution in [2.45, 2.75) is 52.0 Å². The summed E-state index contributed by atoms with van der Waals surface area (Å²) in [5, 5.41) is 0. The van der Waals surface area contributed by atoms with E-state index in [0.29, 0.717) is 17.4 Å². The fourth-order valence-electron chi connectivity index (χ4n) is 3.82. The molecule has 112 valence electrons. The lowest BCUT2D eigenvalue weighted by Gasteiger charge is -2.43. The maximum Gasteiger partial charge on any atom is 0.0131 e. The van der Waals surface area contributed by atoms with Crippen LogP contribution < -0.4 is 5.73 Å². The van der Waals surface area contributed by atoms with Crippen LogP contribution in [0.5, 0.6) is 0 Å². The monoisotopic (exact) mass is 267 g/mol. The quantitative estimate of drug-likeness (QED) is 0.828. The topological polar surface area (TPSA) is 32.5 Å². The van der Waals surface area contributed by atoms with E-state index in [-0.39, 0.29) is 0 Å². The second-order valence-electron chi connectivity index (χ2n) is 7.48. The third kappa shape index (κ3) is 4.17. The molecule has 0 radical (unpaired) electrons. The van der Waals surface area contributed by atoms with Crippen LogP contribution in [0.1, 0.15) is 46.0 Å². The summed E-state index contributed by atoms with van der Waals surface area (Å²) in [6.07, 6.45) is 6.75. The summed E-state index contributed by atoms with van der Waals surface area (Å²) >= 11 is 0. The van der Waals surface area contributed by atoms with Crippen LogP contribution in [0.25, 0.3) is 0 Å². The van der Waals surface area contributed by atoms with Gasteiger partial charge in [-0.1, -0.05) is 20.3 Å². The van der Waals surface area contributed by atoms with Crippen molar-refractivity contribution in [1.29, 1.82) is 0 Å². The Bertz CT molecular complexity index is 271. The molecule has 0 spiro atoms. The molecule has 1 heterocycles. The first-order valence-corrected chi connectivity index (χ1v) is 8.15. The number of likely N-dealkylation sites (N-methyl/N-ethyl adjacent to an activating group) is 1. The highest BCUT2D eigenvalue weighted by Gasteiger charge is 2.36. The summed E-state index contributed by atoms with van der Waals surface area (Å²) in [5.41, 5.74) is 6.82. The van der Waals surface area contributed by atoms with Crippen molar-refractivity contribution in [3.63, 3.8) is 0 Å². The van der Waals surface area contributed by atoms with Crippen LogP contribution >= 0.6 is 0 Å². The average molecular weight is 267 g/mol. The summed E-state index contributed by atoms with van der Waals surface area (Å²) in [6.45, 7) is 10.9. The summed E-state index contributed by atoms with van der Waals surface area (Å²) in [6, 6.07) is 0.371. The molecule has 0 bridgehead atoms. The first-order chi connectivity index (χ1) is 8.99. The smallest absolute Gasteiger partial charge is 0.0131 e. The van der Waals surface area contributed by atoms with Crippen molar-refractivity contribution in [1.82, 2.24) is 9.80 Å². The van der Waals surface area contributed by atoms with E-state index < -0.39 is 0 Å². The predicted octanol–water partition coefficient (Wildman–Crippen LogP) is 2.17. The Morgan fingerprint density at radius 1 is 1.21 bits per heavy atom. The van der Waals surface area contributed by atoms with Crippen molar-refractivity contribution in [2.24, 2.45) is 17.1 Å². The third-order valence-electron chi connectivity index (χ3n) is 5.35. The molecule has 1 aliphatic carbocycles. The molecule has 2 atom stereocenters. The molecule has 3 nitrogen and oxygen atoms in total. The molecule has 0 aromatic rings. The Balaban J connectivity index is 1.73. The first kappa shape index (κ1) is 15.3. The second kappa shape index (κ2) is 6.55. The third-order valence-corrected chi connectivity index (χ3v) is 5.35. The fraction of sp³-hybridized carbons (Fsp3) is 1.00. The lowest BCUT2D eigenvalue weighted by Crippen LogP contribution is -2.50. The average Bonchev–Trinajstić information content (AvgIpc) is 2.85. The van der Waals surface area contributed by atoms with Gasteiger partial charge in [-0.25, -0.2) is 0 Å².